The quantitative estimate of drug-likeness (QED) is 0.727. The van der Waals surface area contributed by atoms with E-state index in [1.54, 1.807) is 4.90 Å². The van der Waals surface area contributed by atoms with Crippen LogP contribution in [-0.2, 0) is 16.0 Å². The Labute approximate surface area is 159 Å². The lowest BCUT2D eigenvalue weighted by molar-refractivity contribution is -0.122. The third-order valence-corrected chi connectivity index (χ3v) is 5.15. The van der Waals surface area contributed by atoms with Crippen LogP contribution in [0.2, 0.25) is 15.1 Å². The molecule has 0 fully saturated rings. The first-order valence-electron chi connectivity index (χ1n) is 7.46. The van der Waals surface area contributed by atoms with E-state index in [0.29, 0.717) is 0 Å². The number of hydrogen-bond acceptors (Lipinski definition) is 4. The summed E-state index contributed by atoms with van der Waals surface area (Å²) in [6.07, 6.45) is 1.96. The second-order valence-corrected chi connectivity index (χ2v) is 6.77. The van der Waals surface area contributed by atoms with E-state index in [0.717, 1.165) is 17.7 Å². The number of halogens is 3. The molecule has 1 aliphatic rings. The Morgan fingerprint density at radius 1 is 1.24 bits per heavy atom. The molecule has 5 nitrogen and oxygen atoms in total. The van der Waals surface area contributed by atoms with Gasteiger partial charge in [0.1, 0.15) is 0 Å². The Balaban J connectivity index is 1.71. The maximum Gasteiger partial charge on any atom is 0.359 e. The molecule has 8 heteroatoms. The van der Waals surface area contributed by atoms with E-state index < -0.39 is 12.6 Å². The fraction of sp³-hybridized carbons (Fsp3) is 0.235. The highest BCUT2D eigenvalue weighted by Gasteiger charge is 2.31. The molecule has 25 heavy (non-hydrogen) atoms. The molecule has 0 aliphatic carbocycles. The molecule has 3 rings (SSSR count). The molecule has 0 spiro atoms. The number of amides is 1. The van der Waals surface area contributed by atoms with Gasteiger partial charge in [-0.2, -0.15) is 0 Å². The molecule has 2 heterocycles. The minimum atomic E-state index is -0.836. The van der Waals surface area contributed by atoms with Crippen molar-refractivity contribution in [3.8, 4) is 0 Å². The molecule has 1 aromatic heterocycles. The molecule has 130 valence electrons. The molecule has 1 amide bonds. The number of para-hydroxylation sites is 1. The Morgan fingerprint density at radius 2 is 1.96 bits per heavy atom. The minimum Gasteiger partial charge on any atom is -0.451 e. The largest absolute Gasteiger partial charge is 0.451 e. The van der Waals surface area contributed by atoms with Crippen LogP contribution in [0.4, 0.5) is 5.69 Å². The maximum atomic E-state index is 12.5. The number of fused-ring (bicyclic) bond motifs is 1. The average Bonchev–Trinajstić information content (AvgIpc) is 2.93. The van der Waals surface area contributed by atoms with Gasteiger partial charge in [0.15, 0.2) is 12.3 Å². The lowest BCUT2D eigenvalue weighted by atomic mass is 10.1. The normalized spacial score (nSPS) is 15.8. The van der Waals surface area contributed by atoms with Crippen LogP contribution in [0.5, 0.6) is 0 Å². The SMILES string of the molecule is C[C@@H]1Cc2ccccc2N1C(=O)COC(=O)c1ncc(Cl)c(Cl)c1Cl. The summed E-state index contributed by atoms with van der Waals surface area (Å²) in [5.74, 6) is -1.15. The first-order valence-corrected chi connectivity index (χ1v) is 8.60. The molecular formula is C17H13Cl3N2O3. The number of rotatable bonds is 3. The number of benzene rings is 1. The van der Waals surface area contributed by atoms with Gasteiger partial charge in [0.25, 0.3) is 5.91 Å². The molecule has 1 atom stereocenters. The van der Waals surface area contributed by atoms with E-state index in [4.69, 9.17) is 39.5 Å². The third-order valence-electron chi connectivity index (χ3n) is 3.91. The van der Waals surface area contributed by atoms with Crippen LogP contribution in [0, 0.1) is 0 Å². The van der Waals surface area contributed by atoms with Crippen molar-refractivity contribution in [1.29, 1.82) is 0 Å². The van der Waals surface area contributed by atoms with E-state index in [9.17, 15) is 9.59 Å². The van der Waals surface area contributed by atoms with Crippen LogP contribution < -0.4 is 4.90 Å². The maximum absolute atomic E-state index is 12.5. The van der Waals surface area contributed by atoms with E-state index in [-0.39, 0.29) is 32.7 Å². The van der Waals surface area contributed by atoms with Gasteiger partial charge in [0.05, 0.1) is 15.1 Å². The van der Waals surface area contributed by atoms with E-state index in [1.807, 2.05) is 31.2 Å². The van der Waals surface area contributed by atoms with Gasteiger partial charge in [0.2, 0.25) is 0 Å². The summed E-state index contributed by atoms with van der Waals surface area (Å²) in [6, 6.07) is 7.64. The van der Waals surface area contributed by atoms with Gasteiger partial charge in [-0.05, 0) is 25.0 Å². The minimum absolute atomic E-state index is 0.00436. The van der Waals surface area contributed by atoms with Crippen molar-refractivity contribution >= 4 is 52.4 Å². The number of ether oxygens (including phenoxy) is 1. The molecule has 0 bridgehead atoms. The molecule has 1 aromatic carbocycles. The van der Waals surface area contributed by atoms with Crippen molar-refractivity contribution in [3.63, 3.8) is 0 Å². The lowest BCUT2D eigenvalue weighted by Gasteiger charge is -2.22. The van der Waals surface area contributed by atoms with E-state index >= 15 is 0 Å². The summed E-state index contributed by atoms with van der Waals surface area (Å²) in [6.45, 7) is 1.52. The number of carbonyl (C=O) groups is 2. The smallest absolute Gasteiger partial charge is 0.359 e. The van der Waals surface area contributed by atoms with Crippen molar-refractivity contribution < 1.29 is 14.3 Å². The van der Waals surface area contributed by atoms with Gasteiger partial charge in [-0.3, -0.25) is 4.79 Å². The highest BCUT2D eigenvalue weighted by atomic mass is 35.5. The molecule has 2 aromatic rings. The molecule has 0 N–H and O–H groups in total. The summed E-state index contributed by atoms with van der Waals surface area (Å²) >= 11 is 17.6. The monoisotopic (exact) mass is 398 g/mol. The average molecular weight is 400 g/mol. The van der Waals surface area contributed by atoms with Gasteiger partial charge in [0, 0.05) is 17.9 Å². The topological polar surface area (TPSA) is 59.5 Å². The van der Waals surface area contributed by atoms with Gasteiger partial charge >= 0.3 is 5.97 Å². The number of hydrogen-bond donors (Lipinski definition) is 0. The zero-order chi connectivity index (χ0) is 18.1. The molecule has 1 aliphatic heterocycles. The predicted octanol–water partition coefficient (Wildman–Crippen LogP) is 4.18. The number of anilines is 1. The second-order valence-electron chi connectivity index (χ2n) is 5.60. The zero-order valence-electron chi connectivity index (χ0n) is 13.1. The molecule has 0 unspecified atom stereocenters. The van der Waals surface area contributed by atoms with Crippen molar-refractivity contribution in [3.05, 3.63) is 56.8 Å². The van der Waals surface area contributed by atoms with E-state index in [1.165, 1.54) is 6.20 Å². The van der Waals surface area contributed by atoms with E-state index in [2.05, 4.69) is 4.98 Å². The van der Waals surface area contributed by atoms with Crippen LogP contribution in [0.1, 0.15) is 23.0 Å². The first kappa shape index (κ1) is 18.0. The van der Waals surface area contributed by atoms with Gasteiger partial charge < -0.3 is 9.64 Å². The van der Waals surface area contributed by atoms with Crippen molar-refractivity contribution in [2.45, 2.75) is 19.4 Å². The fourth-order valence-corrected chi connectivity index (χ4v) is 3.35. The second kappa shape index (κ2) is 7.20. The number of esters is 1. The summed E-state index contributed by atoms with van der Waals surface area (Å²) < 4.78 is 5.06. The number of aromatic nitrogens is 1. The summed E-state index contributed by atoms with van der Waals surface area (Å²) in [5, 5.41) is 0.0343. The summed E-state index contributed by atoms with van der Waals surface area (Å²) in [5.41, 5.74) is 1.74. The van der Waals surface area contributed by atoms with Crippen molar-refractivity contribution in [2.24, 2.45) is 0 Å². The summed E-state index contributed by atoms with van der Waals surface area (Å²) in [4.78, 5) is 30.1. The number of carbonyl (C=O) groups excluding carboxylic acids is 2. The fourth-order valence-electron chi connectivity index (χ4n) is 2.80. The lowest BCUT2D eigenvalue weighted by Crippen LogP contribution is -2.38. The van der Waals surface area contributed by atoms with Gasteiger partial charge in [-0.25, -0.2) is 9.78 Å². The van der Waals surface area contributed by atoms with Crippen LogP contribution in [0.15, 0.2) is 30.5 Å². The first-order chi connectivity index (χ1) is 11.9. The van der Waals surface area contributed by atoms with Crippen molar-refractivity contribution in [2.75, 3.05) is 11.5 Å². The van der Waals surface area contributed by atoms with Crippen LogP contribution in [0.25, 0.3) is 0 Å². The summed E-state index contributed by atoms with van der Waals surface area (Å²) in [7, 11) is 0. The van der Waals surface area contributed by atoms with Gasteiger partial charge in [-0.15, -0.1) is 0 Å². The third kappa shape index (κ3) is 3.45. The van der Waals surface area contributed by atoms with Crippen LogP contribution in [-0.4, -0.2) is 29.5 Å². The molecular weight excluding hydrogens is 387 g/mol. The number of nitrogens with zero attached hydrogens (tertiary/aromatic N) is 2. The Bertz CT molecular complexity index is 857. The Kier molecular flexibility index (Phi) is 5.18. The highest BCUT2D eigenvalue weighted by molar-refractivity contribution is 6.48. The molecule has 0 saturated heterocycles. The van der Waals surface area contributed by atoms with Crippen LogP contribution >= 0.6 is 34.8 Å². The highest BCUT2D eigenvalue weighted by Crippen LogP contribution is 2.33. The van der Waals surface area contributed by atoms with Crippen molar-refractivity contribution in [1.82, 2.24) is 4.98 Å². The standard InChI is InChI=1S/C17H13Cl3N2O3/c1-9-6-10-4-2-3-5-12(10)22(9)13(23)8-25-17(24)16-15(20)14(19)11(18)7-21-16/h2-5,7,9H,6,8H2,1H3/t9-/m1/s1. The molecule has 0 radical (unpaired) electrons. The zero-order valence-corrected chi connectivity index (χ0v) is 15.4. The van der Waals surface area contributed by atoms with Crippen LogP contribution in [0.3, 0.4) is 0 Å². The Hall–Kier alpha value is -1.82. The Morgan fingerprint density at radius 3 is 2.72 bits per heavy atom. The predicted molar refractivity (Wildman–Crippen MR) is 96.6 cm³/mol. The number of pyridine rings is 1. The molecule has 0 saturated carbocycles. The van der Waals surface area contributed by atoms with Gasteiger partial charge in [-0.1, -0.05) is 53.0 Å².